The van der Waals surface area contributed by atoms with Crippen molar-refractivity contribution in [1.29, 1.82) is 0 Å². The first kappa shape index (κ1) is 17.0. The van der Waals surface area contributed by atoms with Gasteiger partial charge in [0.05, 0.1) is 6.54 Å². The van der Waals surface area contributed by atoms with Gasteiger partial charge in [0.2, 0.25) is 5.91 Å². The minimum Gasteiger partial charge on any atom is -0.351 e. The average molecular weight is 368 g/mol. The lowest BCUT2D eigenvalue weighted by Crippen LogP contribution is -2.29. The Bertz CT molecular complexity index is 394. The average Bonchev–Trinajstić information content (AvgIpc) is 2.81. The molecule has 0 spiro atoms. The highest BCUT2D eigenvalue weighted by Gasteiger charge is 2.14. The quantitative estimate of drug-likeness (QED) is 0.838. The van der Waals surface area contributed by atoms with Gasteiger partial charge in [0, 0.05) is 21.2 Å². The number of piperidine rings is 1. The summed E-state index contributed by atoms with van der Waals surface area (Å²) < 4.78 is 1.09. The van der Waals surface area contributed by atoms with Gasteiger partial charge in [-0.1, -0.05) is 0 Å². The monoisotopic (exact) mass is 366 g/mol. The molecule has 0 aliphatic carbocycles. The van der Waals surface area contributed by atoms with Crippen molar-refractivity contribution >= 4 is 45.6 Å². The van der Waals surface area contributed by atoms with Crippen molar-refractivity contribution in [3.05, 3.63) is 20.8 Å². The molecule has 0 saturated carbocycles. The molecule has 2 rings (SSSR count). The van der Waals surface area contributed by atoms with Crippen molar-refractivity contribution < 1.29 is 4.79 Å². The van der Waals surface area contributed by atoms with Crippen molar-refractivity contribution in [2.24, 2.45) is 5.92 Å². The molecule has 0 radical (unpaired) electrons. The highest BCUT2D eigenvalue weighted by atomic mass is 79.9. The van der Waals surface area contributed by atoms with Crippen LogP contribution in [0, 0.1) is 5.92 Å². The molecule has 2 N–H and O–H groups in total. The van der Waals surface area contributed by atoms with E-state index in [9.17, 15) is 4.79 Å². The van der Waals surface area contributed by atoms with E-state index in [0.29, 0.717) is 13.0 Å². The van der Waals surface area contributed by atoms with Crippen LogP contribution in [0.2, 0.25) is 0 Å². The Morgan fingerprint density at radius 1 is 1.47 bits per heavy atom. The van der Waals surface area contributed by atoms with Crippen molar-refractivity contribution in [2.45, 2.75) is 32.2 Å². The SMILES string of the molecule is Cl.O=C(CCC1CCNCC1)NCc1cc(Br)cs1. The van der Waals surface area contributed by atoms with Gasteiger partial charge in [-0.3, -0.25) is 4.79 Å². The molecule has 1 aliphatic rings. The maximum atomic E-state index is 11.7. The van der Waals surface area contributed by atoms with E-state index in [1.54, 1.807) is 11.3 Å². The van der Waals surface area contributed by atoms with Gasteiger partial charge in [0.15, 0.2) is 0 Å². The van der Waals surface area contributed by atoms with Crippen LogP contribution >= 0.6 is 39.7 Å². The molecule has 19 heavy (non-hydrogen) atoms. The van der Waals surface area contributed by atoms with Crippen molar-refractivity contribution in [3.63, 3.8) is 0 Å². The summed E-state index contributed by atoms with van der Waals surface area (Å²) in [6, 6.07) is 2.05. The summed E-state index contributed by atoms with van der Waals surface area (Å²) in [5.41, 5.74) is 0. The second-order valence-corrected chi connectivity index (χ2v) is 6.65. The fourth-order valence-electron chi connectivity index (χ4n) is 2.23. The minimum atomic E-state index is 0. The lowest BCUT2D eigenvalue weighted by atomic mass is 9.93. The molecule has 3 nitrogen and oxygen atoms in total. The third-order valence-electron chi connectivity index (χ3n) is 3.32. The first-order valence-corrected chi connectivity index (χ1v) is 8.11. The normalized spacial score (nSPS) is 15.8. The maximum absolute atomic E-state index is 11.7. The minimum absolute atomic E-state index is 0. The number of hydrogen-bond donors (Lipinski definition) is 2. The highest BCUT2D eigenvalue weighted by molar-refractivity contribution is 9.10. The lowest BCUT2D eigenvalue weighted by molar-refractivity contribution is -0.121. The second-order valence-electron chi connectivity index (χ2n) is 4.74. The molecule has 0 bridgehead atoms. The molecule has 1 aromatic rings. The number of rotatable bonds is 5. The molecule has 1 saturated heterocycles. The van der Waals surface area contributed by atoms with Gasteiger partial charge >= 0.3 is 0 Å². The van der Waals surface area contributed by atoms with Crippen molar-refractivity contribution in [2.75, 3.05) is 13.1 Å². The van der Waals surface area contributed by atoms with Crippen LogP contribution in [0.5, 0.6) is 0 Å². The topological polar surface area (TPSA) is 41.1 Å². The van der Waals surface area contributed by atoms with E-state index in [-0.39, 0.29) is 18.3 Å². The van der Waals surface area contributed by atoms with Gasteiger partial charge in [-0.05, 0) is 60.3 Å². The number of amides is 1. The maximum Gasteiger partial charge on any atom is 0.220 e. The summed E-state index contributed by atoms with van der Waals surface area (Å²) in [5, 5.41) is 8.37. The van der Waals surface area contributed by atoms with Gasteiger partial charge in [0.25, 0.3) is 0 Å². The van der Waals surface area contributed by atoms with Crippen LogP contribution in [-0.2, 0) is 11.3 Å². The number of hydrogen-bond acceptors (Lipinski definition) is 3. The van der Waals surface area contributed by atoms with Gasteiger partial charge < -0.3 is 10.6 Å². The Labute approximate surface area is 133 Å². The van der Waals surface area contributed by atoms with Crippen LogP contribution in [-0.4, -0.2) is 19.0 Å². The van der Waals surface area contributed by atoms with E-state index in [2.05, 4.69) is 32.6 Å². The van der Waals surface area contributed by atoms with Gasteiger partial charge in [-0.2, -0.15) is 0 Å². The van der Waals surface area contributed by atoms with Crippen LogP contribution < -0.4 is 10.6 Å². The van der Waals surface area contributed by atoms with Crippen LogP contribution in [0.4, 0.5) is 0 Å². The summed E-state index contributed by atoms with van der Waals surface area (Å²) in [7, 11) is 0. The summed E-state index contributed by atoms with van der Waals surface area (Å²) in [5.74, 6) is 0.908. The van der Waals surface area contributed by atoms with Crippen LogP contribution in [0.15, 0.2) is 15.9 Å². The van der Waals surface area contributed by atoms with E-state index >= 15 is 0 Å². The first-order chi connectivity index (χ1) is 8.74. The largest absolute Gasteiger partial charge is 0.351 e. The zero-order chi connectivity index (χ0) is 12.8. The molecule has 108 valence electrons. The summed E-state index contributed by atoms with van der Waals surface area (Å²) >= 11 is 5.08. The Morgan fingerprint density at radius 2 is 2.21 bits per heavy atom. The molecule has 0 atom stereocenters. The molecule has 0 aromatic carbocycles. The third kappa shape index (κ3) is 6.25. The fraction of sp³-hybridized carbons (Fsp3) is 0.615. The number of carbonyl (C=O) groups is 1. The second kappa shape index (κ2) is 8.95. The predicted octanol–water partition coefficient (Wildman–Crippen LogP) is 3.33. The molecular formula is C13H20BrClN2OS. The molecule has 1 amide bonds. The molecular weight excluding hydrogens is 348 g/mol. The highest BCUT2D eigenvalue weighted by Crippen LogP contribution is 2.20. The lowest BCUT2D eigenvalue weighted by Gasteiger charge is -2.22. The number of thiophene rings is 1. The van der Waals surface area contributed by atoms with Gasteiger partial charge in [-0.15, -0.1) is 23.7 Å². The number of halogens is 2. The van der Waals surface area contributed by atoms with E-state index in [4.69, 9.17) is 0 Å². The van der Waals surface area contributed by atoms with Crippen LogP contribution in [0.1, 0.15) is 30.6 Å². The summed E-state index contributed by atoms with van der Waals surface area (Å²) in [4.78, 5) is 12.9. The zero-order valence-electron chi connectivity index (χ0n) is 10.8. The Balaban J connectivity index is 0.00000180. The molecule has 1 aromatic heterocycles. The Hall–Kier alpha value is -0.100. The standard InChI is InChI=1S/C13H19BrN2OS.ClH/c14-11-7-12(18-9-11)8-16-13(17)2-1-10-3-5-15-6-4-10;/h7,9-10,15H,1-6,8H2,(H,16,17);1H. The number of nitrogens with one attached hydrogen (secondary N) is 2. The van der Waals surface area contributed by atoms with Crippen LogP contribution in [0.3, 0.4) is 0 Å². The Morgan fingerprint density at radius 3 is 2.84 bits per heavy atom. The van der Waals surface area contributed by atoms with E-state index in [0.717, 1.165) is 29.9 Å². The molecule has 1 aliphatic heterocycles. The Kier molecular flexibility index (Phi) is 7.99. The van der Waals surface area contributed by atoms with Gasteiger partial charge in [-0.25, -0.2) is 0 Å². The fourth-order valence-corrected chi connectivity index (χ4v) is 3.62. The molecule has 1 fully saturated rings. The zero-order valence-corrected chi connectivity index (χ0v) is 14.0. The summed E-state index contributed by atoms with van der Waals surface area (Å²) in [6.07, 6.45) is 4.12. The summed E-state index contributed by atoms with van der Waals surface area (Å²) in [6.45, 7) is 2.87. The number of carbonyl (C=O) groups excluding carboxylic acids is 1. The van der Waals surface area contributed by atoms with Crippen LogP contribution in [0.25, 0.3) is 0 Å². The predicted molar refractivity (Wildman–Crippen MR) is 85.9 cm³/mol. The van der Waals surface area contributed by atoms with E-state index in [1.807, 2.05) is 5.38 Å². The van der Waals surface area contributed by atoms with E-state index in [1.165, 1.54) is 17.7 Å². The molecule has 6 heteroatoms. The smallest absolute Gasteiger partial charge is 0.220 e. The molecule has 2 heterocycles. The van der Waals surface area contributed by atoms with Crippen molar-refractivity contribution in [3.8, 4) is 0 Å². The van der Waals surface area contributed by atoms with Gasteiger partial charge in [0.1, 0.15) is 0 Å². The van der Waals surface area contributed by atoms with E-state index < -0.39 is 0 Å². The molecule has 0 unspecified atom stereocenters. The first-order valence-electron chi connectivity index (χ1n) is 6.44. The third-order valence-corrected chi connectivity index (χ3v) is 5.02. The van der Waals surface area contributed by atoms with Crippen molar-refractivity contribution in [1.82, 2.24) is 10.6 Å².